The van der Waals surface area contributed by atoms with Crippen molar-refractivity contribution in [2.75, 3.05) is 40.9 Å². The van der Waals surface area contributed by atoms with Crippen molar-refractivity contribution in [2.24, 2.45) is 0 Å². The average Bonchev–Trinajstić information content (AvgIpc) is 2.96. The van der Waals surface area contributed by atoms with Gasteiger partial charge in [-0.15, -0.1) is 0 Å². The van der Waals surface area contributed by atoms with Crippen LogP contribution in [0.1, 0.15) is 168 Å². The van der Waals surface area contributed by atoms with E-state index in [1.807, 2.05) is 28.1 Å². The smallest absolute Gasteiger partial charge is 0.391 e. The minimum atomic E-state index is -4.28. The van der Waals surface area contributed by atoms with Gasteiger partial charge in [0, 0.05) is 6.42 Å². The van der Waals surface area contributed by atoms with Crippen molar-refractivity contribution in [3.05, 3.63) is 0 Å². The minimum absolute atomic E-state index is 0.0761. The largest absolute Gasteiger partial charge is 0.472 e. The predicted molar refractivity (Wildman–Crippen MR) is 185 cm³/mol. The van der Waals surface area contributed by atoms with Gasteiger partial charge in [-0.3, -0.25) is 13.8 Å². The molecule has 0 aromatic heterocycles. The molecule has 0 saturated heterocycles. The zero-order chi connectivity index (χ0) is 32.9. The molecule has 3 atom stereocenters. The third kappa shape index (κ3) is 30.2. The highest BCUT2D eigenvalue weighted by Crippen LogP contribution is 2.43. The zero-order valence-electron chi connectivity index (χ0n) is 29.7. The third-order valence-electron chi connectivity index (χ3n) is 8.36. The van der Waals surface area contributed by atoms with E-state index in [2.05, 4.69) is 12.2 Å². The number of phosphoric ester groups is 1. The van der Waals surface area contributed by atoms with Crippen molar-refractivity contribution in [1.29, 1.82) is 0 Å². The molecule has 9 heteroatoms. The first-order valence-corrected chi connectivity index (χ1v) is 19.9. The maximum absolute atomic E-state index is 12.3. The molecule has 0 aromatic rings. The first-order chi connectivity index (χ1) is 21.0. The minimum Gasteiger partial charge on any atom is -0.391 e. The summed E-state index contributed by atoms with van der Waals surface area (Å²) in [6.45, 7) is 4.65. The van der Waals surface area contributed by atoms with Crippen LogP contribution in [0.5, 0.6) is 0 Å². The molecule has 0 aliphatic carbocycles. The third-order valence-corrected chi connectivity index (χ3v) is 9.34. The second-order valence-electron chi connectivity index (χ2n) is 14.0. The molecule has 3 N–H and O–H groups in total. The molecule has 0 spiro atoms. The summed E-state index contributed by atoms with van der Waals surface area (Å²) in [4.78, 5) is 22.4. The number of phosphoric acid groups is 1. The van der Waals surface area contributed by atoms with Crippen LogP contribution in [-0.2, 0) is 18.4 Å². The Labute approximate surface area is 272 Å². The van der Waals surface area contributed by atoms with Gasteiger partial charge in [0.1, 0.15) is 13.2 Å². The van der Waals surface area contributed by atoms with Gasteiger partial charge in [0.2, 0.25) is 5.91 Å². The zero-order valence-corrected chi connectivity index (χ0v) is 30.6. The lowest BCUT2D eigenvalue weighted by Gasteiger charge is -2.26. The number of rotatable bonds is 33. The summed E-state index contributed by atoms with van der Waals surface area (Å²) in [6.07, 6.45) is 28.1. The first kappa shape index (κ1) is 43.5. The van der Waals surface area contributed by atoms with E-state index in [0.717, 1.165) is 32.1 Å². The molecule has 0 rings (SSSR count). The van der Waals surface area contributed by atoms with E-state index in [1.54, 1.807) is 0 Å². The highest BCUT2D eigenvalue weighted by Gasteiger charge is 2.28. The lowest BCUT2D eigenvalue weighted by molar-refractivity contribution is -0.870. The van der Waals surface area contributed by atoms with Gasteiger partial charge in [0.05, 0.1) is 39.9 Å². The Morgan fingerprint density at radius 1 is 0.682 bits per heavy atom. The Morgan fingerprint density at radius 2 is 1.09 bits per heavy atom. The van der Waals surface area contributed by atoms with Crippen molar-refractivity contribution < 1.29 is 32.9 Å². The second-order valence-corrected chi connectivity index (χ2v) is 15.4. The van der Waals surface area contributed by atoms with Crippen molar-refractivity contribution in [3.8, 4) is 0 Å². The van der Waals surface area contributed by atoms with Gasteiger partial charge in [-0.05, 0) is 12.8 Å². The summed E-state index contributed by atoms with van der Waals surface area (Å²) in [7, 11) is 1.61. The molecular formula is C35H74N2O6P+. The topological polar surface area (TPSA) is 105 Å². The Morgan fingerprint density at radius 3 is 1.50 bits per heavy atom. The molecule has 8 nitrogen and oxygen atoms in total. The highest BCUT2D eigenvalue weighted by molar-refractivity contribution is 7.47. The molecule has 0 aliphatic heterocycles. The molecule has 44 heavy (non-hydrogen) atoms. The lowest BCUT2D eigenvalue weighted by Crippen LogP contribution is -2.46. The summed E-state index contributed by atoms with van der Waals surface area (Å²) in [5.41, 5.74) is 0. The van der Waals surface area contributed by atoms with Gasteiger partial charge < -0.3 is 19.8 Å². The number of carbonyl (C=O) groups is 1. The van der Waals surface area contributed by atoms with Gasteiger partial charge in [0.25, 0.3) is 0 Å². The van der Waals surface area contributed by atoms with Gasteiger partial charge >= 0.3 is 7.82 Å². The fourth-order valence-corrected chi connectivity index (χ4v) is 6.05. The van der Waals surface area contributed by atoms with Crippen LogP contribution in [-0.4, -0.2) is 73.4 Å². The molecule has 0 bridgehead atoms. The molecule has 0 fully saturated rings. The monoisotopic (exact) mass is 650 g/mol. The Hall–Kier alpha value is -0.500. The summed E-state index contributed by atoms with van der Waals surface area (Å²) in [5.74, 6) is -0.179. The maximum Gasteiger partial charge on any atom is 0.472 e. The Kier molecular flexibility index (Phi) is 28.4. The van der Waals surface area contributed by atoms with Crippen LogP contribution < -0.4 is 5.32 Å². The SMILES string of the molecule is CCCCCCCCCCCCCCCCCCCCCCC(O)C(COP(=O)(O)OCC[N+](C)(C)C)NC(=O)CCCC. The fraction of sp³-hybridized carbons (Fsp3) is 0.971. The van der Waals surface area contributed by atoms with Crippen LogP contribution in [0.2, 0.25) is 0 Å². The summed E-state index contributed by atoms with van der Waals surface area (Å²) < 4.78 is 23.2. The number of nitrogens with zero attached hydrogens (tertiary/aromatic N) is 1. The number of amides is 1. The van der Waals surface area contributed by atoms with E-state index < -0.39 is 20.0 Å². The number of aliphatic hydroxyl groups excluding tert-OH is 1. The van der Waals surface area contributed by atoms with Crippen LogP contribution in [0.4, 0.5) is 0 Å². The van der Waals surface area contributed by atoms with Gasteiger partial charge in [0.15, 0.2) is 0 Å². The highest BCUT2D eigenvalue weighted by atomic mass is 31.2. The molecule has 0 radical (unpaired) electrons. The van der Waals surface area contributed by atoms with Crippen LogP contribution in [0.3, 0.4) is 0 Å². The number of unbranched alkanes of at least 4 members (excludes halogenated alkanes) is 20. The lowest BCUT2D eigenvalue weighted by atomic mass is 10.0. The molecule has 264 valence electrons. The number of likely N-dealkylation sites (N-methyl/N-ethyl adjacent to an activating group) is 1. The molecule has 0 aromatic carbocycles. The van der Waals surface area contributed by atoms with Crippen LogP contribution in [0.25, 0.3) is 0 Å². The van der Waals surface area contributed by atoms with E-state index in [9.17, 15) is 19.4 Å². The fourth-order valence-electron chi connectivity index (χ4n) is 5.32. The molecule has 0 saturated carbocycles. The first-order valence-electron chi connectivity index (χ1n) is 18.4. The molecule has 1 amide bonds. The number of nitrogens with one attached hydrogen (secondary N) is 1. The van der Waals surface area contributed by atoms with Crippen LogP contribution in [0.15, 0.2) is 0 Å². The van der Waals surface area contributed by atoms with E-state index in [4.69, 9.17) is 9.05 Å². The van der Waals surface area contributed by atoms with Crippen molar-refractivity contribution in [1.82, 2.24) is 5.32 Å². The average molecular weight is 650 g/mol. The van der Waals surface area contributed by atoms with E-state index >= 15 is 0 Å². The predicted octanol–water partition coefficient (Wildman–Crippen LogP) is 9.07. The number of hydrogen-bond acceptors (Lipinski definition) is 5. The molecule has 3 unspecified atom stereocenters. The van der Waals surface area contributed by atoms with E-state index in [0.29, 0.717) is 23.9 Å². The normalized spacial score (nSPS) is 14.8. The number of hydrogen-bond donors (Lipinski definition) is 3. The van der Waals surface area contributed by atoms with Crippen molar-refractivity contribution in [2.45, 2.75) is 180 Å². The van der Waals surface area contributed by atoms with Gasteiger partial charge in [-0.25, -0.2) is 4.57 Å². The standard InChI is InChI=1S/C35H73N2O6P/c1-6-8-10-11-12-13-14-15-16-17-18-19-20-21-22-23-24-25-26-27-28-34(38)33(36-35(39)29-9-7-2)32-43-44(40,41)42-31-30-37(3,4)5/h33-34,38H,6-32H2,1-5H3,(H-,36,39,40,41)/p+1. The molecule has 0 aliphatic rings. The Balaban J connectivity index is 3.99. The van der Waals surface area contributed by atoms with Crippen molar-refractivity contribution in [3.63, 3.8) is 0 Å². The quantitative estimate of drug-likeness (QED) is 0.0372. The number of aliphatic hydroxyl groups is 1. The van der Waals surface area contributed by atoms with Crippen LogP contribution in [0, 0.1) is 0 Å². The molecular weight excluding hydrogens is 575 g/mol. The van der Waals surface area contributed by atoms with Gasteiger partial charge in [-0.1, -0.05) is 149 Å². The maximum atomic E-state index is 12.3. The molecule has 0 heterocycles. The van der Waals surface area contributed by atoms with Gasteiger partial charge in [-0.2, -0.15) is 0 Å². The second kappa shape index (κ2) is 28.7. The summed E-state index contributed by atoms with van der Waals surface area (Å²) in [6, 6.07) is -0.748. The van der Waals surface area contributed by atoms with E-state index in [1.165, 1.54) is 109 Å². The number of quaternary nitrogens is 1. The Bertz CT molecular complexity index is 703. The van der Waals surface area contributed by atoms with Crippen molar-refractivity contribution >= 4 is 13.7 Å². The number of carbonyl (C=O) groups excluding carboxylic acids is 1. The summed E-state index contributed by atoms with van der Waals surface area (Å²) >= 11 is 0. The van der Waals surface area contributed by atoms with E-state index in [-0.39, 0.29) is 19.1 Å². The van der Waals surface area contributed by atoms with Crippen LogP contribution >= 0.6 is 7.82 Å². The summed E-state index contributed by atoms with van der Waals surface area (Å²) in [5, 5.41) is 13.6.